The van der Waals surface area contributed by atoms with Crippen molar-refractivity contribution in [1.29, 1.82) is 0 Å². The lowest BCUT2D eigenvalue weighted by molar-refractivity contribution is 0.215. The van der Waals surface area contributed by atoms with E-state index in [0.29, 0.717) is 16.5 Å². The fraction of sp³-hybridized carbons (Fsp3) is 0.294. The first kappa shape index (κ1) is 13.6. The molecule has 0 bridgehead atoms. The Morgan fingerprint density at radius 3 is 2.40 bits per heavy atom. The van der Waals surface area contributed by atoms with Crippen molar-refractivity contribution in [3.8, 4) is 0 Å². The first-order chi connectivity index (χ1) is 9.65. The molecular formula is C17H16ClFO. The van der Waals surface area contributed by atoms with Crippen LogP contribution in [-0.2, 0) is 0 Å². The van der Waals surface area contributed by atoms with Crippen molar-refractivity contribution in [3.05, 3.63) is 70.0 Å². The molecule has 1 aliphatic carbocycles. The molecule has 0 saturated heterocycles. The van der Waals surface area contributed by atoms with Gasteiger partial charge in [-0.1, -0.05) is 42.3 Å². The van der Waals surface area contributed by atoms with Crippen molar-refractivity contribution in [2.24, 2.45) is 0 Å². The van der Waals surface area contributed by atoms with Gasteiger partial charge in [0.15, 0.2) is 0 Å². The van der Waals surface area contributed by atoms with Gasteiger partial charge < -0.3 is 5.11 Å². The highest BCUT2D eigenvalue weighted by atomic mass is 35.5. The molecule has 2 aromatic rings. The smallest absolute Gasteiger partial charge is 0.129 e. The Labute approximate surface area is 123 Å². The van der Waals surface area contributed by atoms with E-state index in [9.17, 15) is 9.50 Å². The molecule has 0 heterocycles. The Bertz CT molecular complexity index is 605. The van der Waals surface area contributed by atoms with E-state index >= 15 is 0 Å². The van der Waals surface area contributed by atoms with Crippen LogP contribution in [-0.4, -0.2) is 5.11 Å². The fourth-order valence-corrected chi connectivity index (χ4v) is 2.78. The molecule has 1 saturated carbocycles. The van der Waals surface area contributed by atoms with E-state index in [-0.39, 0.29) is 5.56 Å². The molecule has 2 aromatic carbocycles. The quantitative estimate of drug-likeness (QED) is 0.858. The summed E-state index contributed by atoms with van der Waals surface area (Å²) in [6, 6.07) is 12.0. The molecule has 0 spiro atoms. The van der Waals surface area contributed by atoms with Gasteiger partial charge in [0.2, 0.25) is 0 Å². The normalized spacial score (nSPS) is 16.8. The summed E-state index contributed by atoms with van der Waals surface area (Å²) < 4.78 is 13.8. The molecule has 1 unspecified atom stereocenters. The summed E-state index contributed by atoms with van der Waals surface area (Å²) >= 11 is 5.86. The Morgan fingerprint density at radius 1 is 1.10 bits per heavy atom. The molecule has 0 aliphatic heterocycles. The average molecular weight is 291 g/mol. The number of rotatable bonds is 3. The lowest BCUT2D eigenvalue weighted by Crippen LogP contribution is -2.09. The second-order valence-corrected chi connectivity index (χ2v) is 5.80. The van der Waals surface area contributed by atoms with Gasteiger partial charge in [0.25, 0.3) is 0 Å². The first-order valence-corrected chi connectivity index (χ1v) is 7.26. The van der Waals surface area contributed by atoms with E-state index < -0.39 is 11.9 Å². The minimum absolute atomic E-state index is 0.217. The second kappa shape index (κ2) is 5.55. The third-order valence-corrected chi connectivity index (χ3v) is 4.32. The fourth-order valence-electron chi connectivity index (χ4n) is 2.60. The van der Waals surface area contributed by atoms with Crippen LogP contribution in [0.25, 0.3) is 0 Å². The molecule has 1 atom stereocenters. The zero-order valence-corrected chi connectivity index (χ0v) is 11.8. The molecule has 0 amide bonds. The van der Waals surface area contributed by atoms with Gasteiger partial charge >= 0.3 is 0 Å². The van der Waals surface area contributed by atoms with E-state index in [1.165, 1.54) is 43.0 Å². The maximum absolute atomic E-state index is 13.8. The molecule has 1 N–H and O–H groups in total. The van der Waals surface area contributed by atoms with Crippen LogP contribution >= 0.6 is 11.6 Å². The van der Waals surface area contributed by atoms with Crippen LogP contribution in [0.15, 0.2) is 42.5 Å². The molecule has 3 heteroatoms. The SMILES string of the molecule is OC(c1ccc(C2CCC2)cc1)c1cc(Cl)ccc1F. The monoisotopic (exact) mass is 290 g/mol. The molecule has 1 nitrogen and oxygen atoms in total. The van der Waals surface area contributed by atoms with Crippen molar-refractivity contribution in [2.45, 2.75) is 31.3 Å². The summed E-state index contributed by atoms with van der Waals surface area (Å²) in [5.41, 5.74) is 2.21. The molecule has 1 aliphatic rings. The number of aliphatic hydroxyl groups excluding tert-OH is 1. The van der Waals surface area contributed by atoms with Gasteiger partial charge in [-0.25, -0.2) is 4.39 Å². The van der Waals surface area contributed by atoms with E-state index in [4.69, 9.17) is 11.6 Å². The van der Waals surface area contributed by atoms with E-state index in [1.807, 2.05) is 24.3 Å². The number of hydrogen-bond acceptors (Lipinski definition) is 1. The van der Waals surface area contributed by atoms with Crippen molar-refractivity contribution in [1.82, 2.24) is 0 Å². The zero-order chi connectivity index (χ0) is 14.1. The van der Waals surface area contributed by atoms with Gasteiger partial charge in [-0.3, -0.25) is 0 Å². The molecule has 104 valence electrons. The summed E-state index contributed by atoms with van der Waals surface area (Å²) in [6.45, 7) is 0. The highest BCUT2D eigenvalue weighted by Crippen LogP contribution is 2.37. The first-order valence-electron chi connectivity index (χ1n) is 6.88. The molecule has 3 rings (SSSR count). The standard InChI is InChI=1S/C17H16ClFO/c18-14-8-9-16(19)15(10-14)17(20)13-6-4-12(5-7-13)11-2-1-3-11/h4-11,17,20H,1-3H2. The molecule has 0 radical (unpaired) electrons. The minimum atomic E-state index is -0.982. The van der Waals surface area contributed by atoms with E-state index in [1.54, 1.807) is 0 Å². The average Bonchev–Trinajstić information content (AvgIpc) is 2.40. The molecule has 20 heavy (non-hydrogen) atoms. The Morgan fingerprint density at radius 2 is 1.80 bits per heavy atom. The van der Waals surface area contributed by atoms with Gasteiger partial charge in [-0.15, -0.1) is 0 Å². The number of benzene rings is 2. The summed E-state index contributed by atoms with van der Waals surface area (Å²) in [7, 11) is 0. The summed E-state index contributed by atoms with van der Waals surface area (Å²) in [5, 5.41) is 10.7. The Balaban J connectivity index is 1.85. The lowest BCUT2D eigenvalue weighted by Gasteiger charge is -2.26. The van der Waals surface area contributed by atoms with Gasteiger partial charge in [0, 0.05) is 10.6 Å². The number of hydrogen-bond donors (Lipinski definition) is 1. The van der Waals surface area contributed by atoms with E-state index in [2.05, 4.69) is 0 Å². The second-order valence-electron chi connectivity index (χ2n) is 5.36. The highest BCUT2D eigenvalue weighted by molar-refractivity contribution is 6.30. The summed E-state index contributed by atoms with van der Waals surface area (Å²) in [4.78, 5) is 0. The lowest BCUT2D eigenvalue weighted by atomic mass is 9.80. The van der Waals surface area contributed by atoms with E-state index in [0.717, 1.165) is 0 Å². The summed E-state index contributed by atoms with van der Waals surface area (Å²) in [5.74, 6) is 0.217. The maximum atomic E-state index is 13.8. The van der Waals surface area contributed by atoms with Gasteiger partial charge in [0.1, 0.15) is 11.9 Å². The maximum Gasteiger partial charge on any atom is 0.129 e. The van der Waals surface area contributed by atoms with Gasteiger partial charge in [0.05, 0.1) is 0 Å². The number of aliphatic hydroxyl groups is 1. The third kappa shape index (κ3) is 2.58. The van der Waals surface area contributed by atoms with Crippen molar-refractivity contribution in [2.75, 3.05) is 0 Å². The predicted octanol–water partition coefficient (Wildman–Crippen LogP) is 4.83. The number of halogens is 2. The van der Waals surface area contributed by atoms with Crippen LogP contribution in [0.3, 0.4) is 0 Å². The molecule has 1 fully saturated rings. The van der Waals surface area contributed by atoms with Crippen LogP contribution in [0.5, 0.6) is 0 Å². The minimum Gasteiger partial charge on any atom is -0.384 e. The topological polar surface area (TPSA) is 20.2 Å². The van der Waals surface area contributed by atoms with Crippen molar-refractivity contribution in [3.63, 3.8) is 0 Å². The van der Waals surface area contributed by atoms with Crippen molar-refractivity contribution >= 4 is 11.6 Å². The van der Waals surface area contributed by atoms with Crippen LogP contribution in [0, 0.1) is 5.82 Å². The van der Waals surface area contributed by atoms with Crippen LogP contribution < -0.4 is 0 Å². The van der Waals surface area contributed by atoms with Crippen LogP contribution in [0.4, 0.5) is 4.39 Å². The van der Waals surface area contributed by atoms with Crippen LogP contribution in [0.2, 0.25) is 5.02 Å². The third-order valence-electron chi connectivity index (χ3n) is 4.08. The molecular weight excluding hydrogens is 275 g/mol. The van der Waals surface area contributed by atoms with Crippen molar-refractivity contribution < 1.29 is 9.50 Å². The molecule has 0 aromatic heterocycles. The summed E-state index contributed by atoms with van der Waals surface area (Å²) in [6.07, 6.45) is 2.79. The predicted molar refractivity (Wildman–Crippen MR) is 78.5 cm³/mol. The largest absolute Gasteiger partial charge is 0.384 e. The van der Waals surface area contributed by atoms with Gasteiger partial charge in [-0.05, 0) is 48.1 Å². The van der Waals surface area contributed by atoms with Crippen LogP contribution in [0.1, 0.15) is 48.0 Å². The van der Waals surface area contributed by atoms with Gasteiger partial charge in [-0.2, -0.15) is 0 Å². The Kier molecular flexibility index (Phi) is 3.77. The zero-order valence-electron chi connectivity index (χ0n) is 11.0. The highest BCUT2D eigenvalue weighted by Gasteiger charge is 2.20. The Hall–Kier alpha value is -1.38.